The Morgan fingerprint density at radius 2 is 2.08 bits per heavy atom. The van der Waals surface area contributed by atoms with Gasteiger partial charge in [-0.1, -0.05) is 0 Å². The molecule has 1 aromatic rings. The number of hydrogen-bond acceptors (Lipinski definition) is 4. The number of rotatable bonds is 6. The zero-order chi connectivity index (χ0) is 18.0. The van der Waals surface area contributed by atoms with Gasteiger partial charge in [0, 0.05) is 63.6 Å². The summed E-state index contributed by atoms with van der Waals surface area (Å²) >= 11 is 0. The second kappa shape index (κ2) is 7.69. The van der Waals surface area contributed by atoms with Gasteiger partial charge in [-0.05, 0) is 51.6 Å². The summed E-state index contributed by atoms with van der Waals surface area (Å²) in [4.78, 5) is 24.0. The van der Waals surface area contributed by atoms with Crippen LogP contribution in [0.4, 0.5) is 0 Å². The highest BCUT2D eigenvalue weighted by atomic mass is 16.2. The molecular weight excluding hydrogens is 326 g/mol. The number of likely N-dealkylation sites (N-methyl/N-ethyl adjacent to an activating group) is 1. The molecule has 2 aliphatic heterocycles. The summed E-state index contributed by atoms with van der Waals surface area (Å²) in [6, 6.07) is 0. The van der Waals surface area contributed by atoms with E-state index < -0.39 is 0 Å². The number of hydrogen-bond donors (Lipinski definition) is 0. The van der Waals surface area contributed by atoms with Crippen molar-refractivity contribution in [2.45, 2.75) is 50.6 Å². The Balaban J connectivity index is 1.33. The molecule has 0 radical (unpaired) electrons. The maximum atomic E-state index is 12.6. The van der Waals surface area contributed by atoms with Crippen LogP contribution in [0.15, 0.2) is 18.7 Å². The number of amides is 1. The minimum Gasteiger partial charge on any atom is -0.342 e. The molecule has 3 aliphatic rings. The van der Waals surface area contributed by atoms with Crippen molar-refractivity contribution in [2.24, 2.45) is 5.92 Å². The minimum atomic E-state index is 0.182. The van der Waals surface area contributed by atoms with Crippen LogP contribution in [0.1, 0.15) is 38.5 Å². The van der Waals surface area contributed by atoms with Crippen LogP contribution in [0.25, 0.3) is 0 Å². The molecule has 1 aliphatic carbocycles. The molecule has 1 amide bonds. The quantitative estimate of drug-likeness (QED) is 0.775. The maximum absolute atomic E-state index is 12.6. The van der Waals surface area contributed by atoms with Crippen molar-refractivity contribution < 1.29 is 4.79 Å². The number of aromatic nitrogens is 2. The van der Waals surface area contributed by atoms with Gasteiger partial charge in [0.1, 0.15) is 0 Å². The number of piperazine rings is 1. The summed E-state index contributed by atoms with van der Waals surface area (Å²) in [5, 5.41) is 0. The van der Waals surface area contributed by atoms with Crippen LogP contribution >= 0.6 is 0 Å². The van der Waals surface area contributed by atoms with Gasteiger partial charge < -0.3 is 14.4 Å². The average Bonchev–Trinajstić information content (AvgIpc) is 3.34. The molecule has 0 bridgehead atoms. The molecule has 1 saturated carbocycles. The molecule has 6 heteroatoms. The van der Waals surface area contributed by atoms with Gasteiger partial charge >= 0.3 is 0 Å². The lowest BCUT2D eigenvalue weighted by Crippen LogP contribution is -2.61. The molecule has 4 rings (SSSR count). The number of aryl methyl sites for hydroxylation is 1. The highest BCUT2D eigenvalue weighted by molar-refractivity contribution is 5.76. The fraction of sp³-hybridized carbons (Fsp3) is 0.800. The van der Waals surface area contributed by atoms with E-state index in [0.29, 0.717) is 5.91 Å². The largest absolute Gasteiger partial charge is 0.342 e. The van der Waals surface area contributed by atoms with E-state index in [0.717, 1.165) is 77.4 Å². The highest BCUT2D eigenvalue weighted by Gasteiger charge is 2.42. The van der Waals surface area contributed by atoms with Crippen molar-refractivity contribution in [1.82, 2.24) is 24.3 Å². The summed E-state index contributed by atoms with van der Waals surface area (Å²) in [5.41, 5.74) is 0.182. The van der Waals surface area contributed by atoms with E-state index in [-0.39, 0.29) is 5.54 Å². The van der Waals surface area contributed by atoms with Crippen molar-refractivity contribution >= 4 is 5.91 Å². The first-order valence-electron chi connectivity index (χ1n) is 10.3. The van der Waals surface area contributed by atoms with E-state index >= 15 is 0 Å². The minimum absolute atomic E-state index is 0.182. The van der Waals surface area contributed by atoms with Gasteiger partial charge in [0.25, 0.3) is 0 Å². The Labute approximate surface area is 157 Å². The number of nitrogens with zero attached hydrogens (tertiary/aromatic N) is 5. The zero-order valence-corrected chi connectivity index (χ0v) is 16.1. The number of carbonyl (C=O) groups excluding carboxylic acids is 1. The van der Waals surface area contributed by atoms with Crippen LogP contribution in [0.3, 0.4) is 0 Å². The lowest BCUT2D eigenvalue weighted by molar-refractivity contribution is -0.131. The monoisotopic (exact) mass is 359 g/mol. The van der Waals surface area contributed by atoms with Gasteiger partial charge in [0.05, 0.1) is 6.33 Å². The fourth-order valence-corrected chi connectivity index (χ4v) is 4.67. The Kier molecular flexibility index (Phi) is 5.32. The second-order valence-electron chi connectivity index (χ2n) is 8.61. The van der Waals surface area contributed by atoms with Crippen molar-refractivity contribution in [1.29, 1.82) is 0 Å². The van der Waals surface area contributed by atoms with Crippen molar-refractivity contribution in [3.05, 3.63) is 18.7 Å². The van der Waals surface area contributed by atoms with Crippen LogP contribution in [0.5, 0.6) is 0 Å². The number of imidazole rings is 1. The molecule has 1 spiro atoms. The Morgan fingerprint density at radius 3 is 2.85 bits per heavy atom. The summed E-state index contributed by atoms with van der Waals surface area (Å²) in [6.07, 6.45) is 12.4. The molecule has 2 saturated heterocycles. The maximum Gasteiger partial charge on any atom is 0.222 e. The molecule has 0 unspecified atom stereocenters. The van der Waals surface area contributed by atoms with E-state index in [2.05, 4.69) is 31.3 Å². The molecule has 1 aromatic heterocycles. The first-order valence-corrected chi connectivity index (χ1v) is 10.3. The van der Waals surface area contributed by atoms with Crippen molar-refractivity contribution in [3.8, 4) is 0 Å². The molecule has 26 heavy (non-hydrogen) atoms. The van der Waals surface area contributed by atoms with Gasteiger partial charge in [-0.2, -0.15) is 0 Å². The van der Waals surface area contributed by atoms with Gasteiger partial charge in [0.2, 0.25) is 5.91 Å². The van der Waals surface area contributed by atoms with Crippen LogP contribution in [0.2, 0.25) is 0 Å². The number of carbonyl (C=O) groups is 1. The summed E-state index contributed by atoms with van der Waals surface area (Å²) in [7, 11) is 2.27. The van der Waals surface area contributed by atoms with Crippen LogP contribution in [0, 0.1) is 5.92 Å². The molecule has 3 fully saturated rings. The van der Waals surface area contributed by atoms with Gasteiger partial charge in [-0.3, -0.25) is 9.69 Å². The third-order valence-electron chi connectivity index (χ3n) is 6.71. The van der Waals surface area contributed by atoms with E-state index in [9.17, 15) is 4.79 Å². The predicted molar refractivity (Wildman–Crippen MR) is 102 cm³/mol. The van der Waals surface area contributed by atoms with Gasteiger partial charge in [0.15, 0.2) is 0 Å². The summed E-state index contributed by atoms with van der Waals surface area (Å²) in [5.74, 6) is 1.18. The smallest absolute Gasteiger partial charge is 0.222 e. The predicted octanol–water partition coefficient (Wildman–Crippen LogP) is 1.68. The van der Waals surface area contributed by atoms with E-state index in [1.54, 1.807) is 0 Å². The Morgan fingerprint density at radius 1 is 1.19 bits per heavy atom. The first kappa shape index (κ1) is 18.0. The third-order valence-corrected chi connectivity index (χ3v) is 6.71. The normalized spacial score (nSPS) is 28.7. The lowest BCUT2D eigenvalue weighted by atomic mass is 9.86. The molecule has 6 nitrogen and oxygen atoms in total. The Bertz CT molecular complexity index is 599. The topological polar surface area (TPSA) is 44.6 Å². The van der Waals surface area contributed by atoms with Crippen LogP contribution in [-0.2, 0) is 11.3 Å². The average molecular weight is 360 g/mol. The van der Waals surface area contributed by atoms with Crippen LogP contribution < -0.4 is 0 Å². The number of likely N-dealkylation sites (tertiary alicyclic amines) is 1. The second-order valence-corrected chi connectivity index (χ2v) is 8.61. The van der Waals surface area contributed by atoms with E-state index in [1.807, 2.05) is 18.7 Å². The molecule has 3 heterocycles. The first-order chi connectivity index (χ1) is 12.6. The summed E-state index contributed by atoms with van der Waals surface area (Å²) in [6.45, 7) is 7.48. The van der Waals surface area contributed by atoms with Crippen LogP contribution in [-0.4, -0.2) is 82.0 Å². The van der Waals surface area contributed by atoms with E-state index in [1.165, 1.54) is 12.8 Å². The lowest BCUT2D eigenvalue weighted by Gasteiger charge is -2.49. The third kappa shape index (κ3) is 4.12. The standard InChI is InChI=1S/C20H33N5O/c1-22-13-14-23(9-2-10-24-12-8-21-17-24)16-20(22)6-5-19(26)25(11-7-20)15-18-3-4-18/h8,12,17-18H,2-7,9-11,13-16H2,1H3/t20-/m1/s1. The van der Waals surface area contributed by atoms with Gasteiger partial charge in [-0.15, -0.1) is 0 Å². The zero-order valence-electron chi connectivity index (χ0n) is 16.1. The highest BCUT2D eigenvalue weighted by Crippen LogP contribution is 2.35. The molecule has 0 aromatic carbocycles. The van der Waals surface area contributed by atoms with E-state index in [4.69, 9.17) is 0 Å². The van der Waals surface area contributed by atoms with Gasteiger partial charge in [-0.25, -0.2) is 4.98 Å². The summed E-state index contributed by atoms with van der Waals surface area (Å²) < 4.78 is 2.16. The molecule has 144 valence electrons. The SMILES string of the molecule is CN1CCN(CCCn2ccnc2)C[C@]12CCC(=O)N(CC1CC1)CC2. The Hall–Kier alpha value is -1.40. The molecule has 0 N–H and O–H groups in total. The fourth-order valence-electron chi connectivity index (χ4n) is 4.67. The molecule has 1 atom stereocenters. The van der Waals surface area contributed by atoms with Crippen molar-refractivity contribution in [2.75, 3.05) is 46.3 Å². The van der Waals surface area contributed by atoms with Crippen molar-refractivity contribution in [3.63, 3.8) is 0 Å². The molecular formula is C20H33N5O.